The number of carbonyl (C=O) groups excluding carboxylic acids is 1. The maximum absolute atomic E-state index is 12.1. The van der Waals surface area contributed by atoms with Gasteiger partial charge in [-0.2, -0.15) is 5.26 Å². The fourth-order valence-electron chi connectivity index (χ4n) is 2.36. The van der Waals surface area contributed by atoms with Crippen LogP contribution in [0, 0.1) is 17.2 Å². The van der Waals surface area contributed by atoms with Crippen LogP contribution in [0.5, 0.6) is 11.5 Å². The Morgan fingerprint density at radius 3 is 2.63 bits per heavy atom. The third-order valence-electron chi connectivity index (χ3n) is 3.46. The van der Waals surface area contributed by atoms with E-state index in [1.807, 2.05) is 6.92 Å². The smallest absolute Gasteiger partial charge is 0.228 e. The molecule has 0 saturated carbocycles. The molecule has 0 N–H and O–H groups in total. The summed E-state index contributed by atoms with van der Waals surface area (Å²) in [5.41, 5.74) is 0.650. The van der Waals surface area contributed by atoms with Crippen molar-refractivity contribution in [1.29, 1.82) is 5.26 Å². The van der Waals surface area contributed by atoms with E-state index in [1.165, 1.54) is 0 Å². The van der Waals surface area contributed by atoms with Gasteiger partial charge in [-0.15, -0.1) is 0 Å². The van der Waals surface area contributed by atoms with Gasteiger partial charge in [0.05, 0.1) is 37.9 Å². The lowest BCUT2D eigenvalue weighted by Gasteiger charge is -2.25. The van der Waals surface area contributed by atoms with Gasteiger partial charge >= 0.3 is 0 Å². The molecule has 1 fully saturated rings. The van der Waals surface area contributed by atoms with Crippen molar-refractivity contribution in [3.63, 3.8) is 0 Å². The fraction of sp³-hybridized carbons (Fsp3) is 0.429. The normalized spacial score (nSPS) is 22.2. The molecule has 5 nitrogen and oxygen atoms in total. The van der Waals surface area contributed by atoms with Gasteiger partial charge in [-0.25, -0.2) is 0 Å². The summed E-state index contributed by atoms with van der Waals surface area (Å²) < 4.78 is 10.5. The summed E-state index contributed by atoms with van der Waals surface area (Å²) in [6.45, 7) is 1.87. The van der Waals surface area contributed by atoms with Gasteiger partial charge in [-0.3, -0.25) is 4.79 Å². The number of anilines is 1. The predicted molar refractivity (Wildman–Crippen MR) is 70.2 cm³/mol. The van der Waals surface area contributed by atoms with Crippen LogP contribution in [-0.4, -0.2) is 26.2 Å². The van der Waals surface area contributed by atoms with E-state index in [0.717, 1.165) is 0 Å². The molecule has 2 rings (SSSR count). The summed E-state index contributed by atoms with van der Waals surface area (Å²) in [5, 5.41) is 9.06. The van der Waals surface area contributed by atoms with Crippen molar-refractivity contribution in [2.24, 2.45) is 5.92 Å². The zero-order valence-corrected chi connectivity index (χ0v) is 11.2. The molecule has 5 heteroatoms. The van der Waals surface area contributed by atoms with Gasteiger partial charge in [0.25, 0.3) is 0 Å². The summed E-state index contributed by atoms with van der Waals surface area (Å²) >= 11 is 0. The topological polar surface area (TPSA) is 62.6 Å². The van der Waals surface area contributed by atoms with Crippen LogP contribution < -0.4 is 14.4 Å². The first-order valence-electron chi connectivity index (χ1n) is 6.06. The van der Waals surface area contributed by atoms with Crippen molar-refractivity contribution >= 4 is 11.6 Å². The molecule has 0 aliphatic carbocycles. The minimum atomic E-state index is -0.289. The average molecular weight is 260 g/mol. The lowest BCUT2D eigenvalue weighted by Crippen LogP contribution is -2.33. The standard InChI is InChI=1S/C14H16N2O3/c1-9-10(8-15)6-14(17)16(9)12-7-11(18-2)4-5-13(12)19-3/h4-5,7,9-10H,6H2,1-3H3. The molecule has 1 aromatic rings. The molecule has 1 amide bonds. The SMILES string of the molecule is COc1ccc(OC)c(N2C(=O)CC(C#N)C2C)c1. The third-order valence-corrected chi connectivity index (χ3v) is 3.46. The Kier molecular flexibility index (Phi) is 3.61. The highest BCUT2D eigenvalue weighted by molar-refractivity contribution is 5.98. The number of nitrogens with zero attached hydrogens (tertiary/aromatic N) is 2. The quantitative estimate of drug-likeness (QED) is 0.833. The Bertz CT molecular complexity index is 536. The Labute approximate surface area is 112 Å². The summed E-state index contributed by atoms with van der Waals surface area (Å²) in [4.78, 5) is 13.7. The van der Waals surface area contributed by atoms with Crippen LogP contribution in [0.2, 0.25) is 0 Å². The fourth-order valence-corrected chi connectivity index (χ4v) is 2.36. The molecule has 0 bridgehead atoms. The largest absolute Gasteiger partial charge is 0.497 e. The van der Waals surface area contributed by atoms with Crippen LogP contribution in [0.1, 0.15) is 13.3 Å². The molecule has 1 aliphatic heterocycles. The van der Waals surface area contributed by atoms with Crippen LogP contribution in [0.4, 0.5) is 5.69 Å². The van der Waals surface area contributed by atoms with Gasteiger partial charge in [0.2, 0.25) is 5.91 Å². The number of rotatable bonds is 3. The van der Waals surface area contributed by atoms with Crippen LogP contribution in [0.25, 0.3) is 0 Å². The average Bonchev–Trinajstić information content (AvgIpc) is 2.72. The van der Waals surface area contributed by atoms with E-state index in [9.17, 15) is 4.79 Å². The summed E-state index contributed by atoms with van der Waals surface area (Å²) in [5.74, 6) is 0.893. The molecule has 1 aromatic carbocycles. The second-order valence-corrected chi connectivity index (χ2v) is 4.48. The van der Waals surface area contributed by atoms with Crippen molar-refractivity contribution in [3.8, 4) is 17.6 Å². The van der Waals surface area contributed by atoms with E-state index in [0.29, 0.717) is 17.2 Å². The van der Waals surface area contributed by atoms with E-state index < -0.39 is 0 Å². The predicted octanol–water partition coefficient (Wildman–Crippen LogP) is 1.97. The second kappa shape index (κ2) is 5.19. The highest BCUT2D eigenvalue weighted by Crippen LogP contribution is 2.38. The summed E-state index contributed by atoms with van der Waals surface area (Å²) in [6.07, 6.45) is 0.248. The number of amides is 1. The Balaban J connectivity index is 2.46. The molecular formula is C14H16N2O3. The summed E-state index contributed by atoms with van der Waals surface area (Å²) in [6, 6.07) is 7.30. The number of ether oxygens (including phenoxy) is 2. The molecule has 0 radical (unpaired) electrons. The van der Waals surface area contributed by atoms with Crippen molar-refractivity contribution in [2.75, 3.05) is 19.1 Å². The molecule has 0 aromatic heterocycles. The first-order chi connectivity index (χ1) is 9.12. The number of hydrogen-bond donors (Lipinski definition) is 0. The zero-order valence-electron chi connectivity index (χ0n) is 11.2. The molecule has 2 atom stereocenters. The van der Waals surface area contributed by atoms with Crippen LogP contribution in [0.3, 0.4) is 0 Å². The Morgan fingerprint density at radius 2 is 2.11 bits per heavy atom. The van der Waals surface area contributed by atoms with Crippen molar-refractivity contribution in [3.05, 3.63) is 18.2 Å². The molecule has 1 aliphatic rings. The van der Waals surface area contributed by atoms with Gasteiger partial charge in [0.15, 0.2) is 0 Å². The minimum Gasteiger partial charge on any atom is -0.497 e. The number of nitriles is 1. The number of benzene rings is 1. The van der Waals surface area contributed by atoms with Gasteiger partial charge < -0.3 is 14.4 Å². The Hall–Kier alpha value is -2.22. The third kappa shape index (κ3) is 2.22. The summed E-state index contributed by atoms with van der Waals surface area (Å²) in [7, 11) is 3.12. The van der Waals surface area contributed by atoms with Gasteiger partial charge in [0, 0.05) is 12.5 Å². The highest BCUT2D eigenvalue weighted by atomic mass is 16.5. The zero-order chi connectivity index (χ0) is 14.0. The molecule has 1 saturated heterocycles. The molecule has 0 spiro atoms. The van der Waals surface area contributed by atoms with E-state index >= 15 is 0 Å². The van der Waals surface area contributed by atoms with Crippen LogP contribution in [0.15, 0.2) is 18.2 Å². The number of carbonyl (C=O) groups is 1. The maximum Gasteiger partial charge on any atom is 0.228 e. The first-order valence-corrected chi connectivity index (χ1v) is 6.06. The molecule has 100 valence electrons. The molecule has 1 heterocycles. The Morgan fingerprint density at radius 1 is 1.37 bits per heavy atom. The minimum absolute atomic E-state index is 0.0643. The maximum atomic E-state index is 12.1. The van der Waals surface area contributed by atoms with Gasteiger partial charge in [-0.05, 0) is 19.1 Å². The van der Waals surface area contributed by atoms with Crippen molar-refractivity contribution in [1.82, 2.24) is 0 Å². The van der Waals surface area contributed by atoms with E-state index in [-0.39, 0.29) is 24.3 Å². The molecule has 19 heavy (non-hydrogen) atoms. The van der Waals surface area contributed by atoms with E-state index in [1.54, 1.807) is 37.3 Å². The first kappa shape index (κ1) is 13.2. The lowest BCUT2D eigenvalue weighted by atomic mass is 10.0. The van der Waals surface area contributed by atoms with E-state index in [2.05, 4.69) is 6.07 Å². The lowest BCUT2D eigenvalue weighted by molar-refractivity contribution is -0.117. The van der Waals surface area contributed by atoms with E-state index in [4.69, 9.17) is 14.7 Å². The van der Waals surface area contributed by atoms with Gasteiger partial charge in [0.1, 0.15) is 11.5 Å². The number of hydrogen-bond acceptors (Lipinski definition) is 4. The highest BCUT2D eigenvalue weighted by Gasteiger charge is 2.39. The number of methoxy groups -OCH3 is 2. The second-order valence-electron chi connectivity index (χ2n) is 4.48. The van der Waals surface area contributed by atoms with Gasteiger partial charge in [-0.1, -0.05) is 0 Å². The monoisotopic (exact) mass is 260 g/mol. The van der Waals surface area contributed by atoms with Crippen molar-refractivity contribution in [2.45, 2.75) is 19.4 Å². The van der Waals surface area contributed by atoms with Crippen LogP contribution in [-0.2, 0) is 4.79 Å². The van der Waals surface area contributed by atoms with Crippen LogP contribution >= 0.6 is 0 Å². The molecule has 2 unspecified atom stereocenters. The van der Waals surface area contributed by atoms with Crippen molar-refractivity contribution < 1.29 is 14.3 Å². The molecular weight excluding hydrogens is 244 g/mol.